The molecule has 0 spiro atoms. The molecule has 0 unspecified atom stereocenters. The van der Waals surface area contributed by atoms with Crippen LogP contribution in [0.15, 0.2) is 59.6 Å². The Morgan fingerprint density at radius 3 is 2.50 bits per heavy atom. The number of hydrogen-bond donors (Lipinski definition) is 2. The lowest BCUT2D eigenvalue weighted by molar-refractivity contribution is 0.146. The molecule has 0 aliphatic heterocycles. The molecule has 3 rings (SSSR count). The van der Waals surface area contributed by atoms with Gasteiger partial charge in [-0.25, -0.2) is 4.68 Å². The molecule has 172 valence electrons. The number of methoxy groups -OCH3 is 1. The van der Waals surface area contributed by atoms with Crippen LogP contribution in [-0.4, -0.2) is 43.1 Å². The average Bonchev–Trinajstić information content (AvgIpc) is 3.12. The zero-order chi connectivity index (χ0) is 22.1. The normalized spacial score (nSPS) is 11.1. The Bertz CT molecular complexity index is 1020. The summed E-state index contributed by atoms with van der Waals surface area (Å²) in [6.07, 6.45) is 0. The van der Waals surface area contributed by atoms with Gasteiger partial charge in [0.25, 0.3) is 0 Å². The molecule has 2 N–H and O–H groups in total. The first-order valence-electron chi connectivity index (χ1n) is 10.4. The van der Waals surface area contributed by atoms with E-state index in [0.29, 0.717) is 26.3 Å². The molecule has 3 aromatic rings. The average molecular weight is 549 g/mol. The summed E-state index contributed by atoms with van der Waals surface area (Å²) in [4.78, 5) is 4.35. The molecule has 32 heavy (non-hydrogen) atoms. The number of benzene rings is 2. The molecule has 2 aromatic carbocycles. The molecule has 0 saturated carbocycles. The van der Waals surface area contributed by atoms with Gasteiger partial charge in [-0.15, -0.1) is 24.0 Å². The number of aromatic nitrogens is 2. The summed E-state index contributed by atoms with van der Waals surface area (Å²) in [5.74, 6) is 1.56. The minimum Gasteiger partial charge on any atom is -0.491 e. The number of ether oxygens (including phenoxy) is 2. The molecular weight excluding hydrogens is 517 g/mol. The third kappa shape index (κ3) is 7.23. The van der Waals surface area contributed by atoms with Crippen molar-refractivity contribution in [1.82, 2.24) is 20.4 Å². The number of halogens is 1. The van der Waals surface area contributed by atoms with E-state index in [1.807, 2.05) is 41.9 Å². The zero-order valence-electron chi connectivity index (χ0n) is 19.1. The van der Waals surface area contributed by atoms with Gasteiger partial charge in [-0.2, -0.15) is 5.10 Å². The van der Waals surface area contributed by atoms with Crippen LogP contribution in [-0.2, 0) is 17.8 Å². The third-order valence-electron chi connectivity index (χ3n) is 4.81. The summed E-state index contributed by atoms with van der Waals surface area (Å²) in [7, 11) is 3.44. The second-order valence-electron chi connectivity index (χ2n) is 7.24. The fourth-order valence-corrected chi connectivity index (χ4v) is 3.31. The van der Waals surface area contributed by atoms with Crippen LogP contribution in [0.5, 0.6) is 5.75 Å². The van der Waals surface area contributed by atoms with Crippen molar-refractivity contribution in [1.29, 1.82) is 0 Å². The topological polar surface area (TPSA) is 72.7 Å². The summed E-state index contributed by atoms with van der Waals surface area (Å²) in [6.45, 7) is 6.45. The summed E-state index contributed by atoms with van der Waals surface area (Å²) >= 11 is 0. The second-order valence-corrected chi connectivity index (χ2v) is 7.24. The maximum Gasteiger partial charge on any atom is 0.191 e. The molecule has 0 radical (unpaired) electrons. The van der Waals surface area contributed by atoms with Gasteiger partial charge < -0.3 is 20.1 Å². The van der Waals surface area contributed by atoms with Crippen LogP contribution in [0, 0.1) is 13.8 Å². The van der Waals surface area contributed by atoms with Crippen molar-refractivity contribution in [2.75, 3.05) is 27.4 Å². The van der Waals surface area contributed by atoms with E-state index in [0.717, 1.165) is 39.9 Å². The highest BCUT2D eigenvalue weighted by atomic mass is 127. The van der Waals surface area contributed by atoms with E-state index in [1.165, 1.54) is 0 Å². The highest BCUT2D eigenvalue weighted by Crippen LogP contribution is 2.17. The minimum absolute atomic E-state index is 0. The van der Waals surface area contributed by atoms with Gasteiger partial charge in [0.05, 0.1) is 18.0 Å². The molecule has 1 heterocycles. The lowest BCUT2D eigenvalue weighted by atomic mass is 10.1. The molecular formula is C24H32IN5O2. The van der Waals surface area contributed by atoms with Crippen molar-refractivity contribution in [2.24, 2.45) is 4.99 Å². The lowest BCUT2D eigenvalue weighted by Gasteiger charge is -2.15. The van der Waals surface area contributed by atoms with Crippen LogP contribution in [0.25, 0.3) is 5.69 Å². The van der Waals surface area contributed by atoms with Crippen LogP contribution in [0.4, 0.5) is 0 Å². The van der Waals surface area contributed by atoms with Gasteiger partial charge >= 0.3 is 0 Å². The van der Waals surface area contributed by atoms with Gasteiger partial charge in [-0.1, -0.05) is 30.3 Å². The molecule has 0 bridgehead atoms. The van der Waals surface area contributed by atoms with Crippen LogP contribution in [0.1, 0.15) is 22.5 Å². The summed E-state index contributed by atoms with van der Waals surface area (Å²) in [5, 5.41) is 11.4. The Labute approximate surface area is 207 Å². The Morgan fingerprint density at radius 2 is 1.78 bits per heavy atom. The third-order valence-corrected chi connectivity index (χ3v) is 4.81. The minimum atomic E-state index is 0. The zero-order valence-corrected chi connectivity index (χ0v) is 21.4. The van der Waals surface area contributed by atoms with Gasteiger partial charge in [-0.3, -0.25) is 4.99 Å². The SMILES string of the molecule is CN=C(NCc1cccc(OCCOC)c1)NCc1ccccc1-n1nc(C)cc1C.I. The van der Waals surface area contributed by atoms with Crippen molar-refractivity contribution in [3.63, 3.8) is 0 Å². The van der Waals surface area contributed by atoms with Gasteiger partial charge in [-0.05, 0) is 49.2 Å². The van der Waals surface area contributed by atoms with Crippen molar-refractivity contribution in [3.8, 4) is 11.4 Å². The first-order chi connectivity index (χ1) is 15.1. The summed E-state index contributed by atoms with van der Waals surface area (Å²) in [6, 6.07) is 18.4. The molecule has 0 aliphatic carbocycles. The van der Waals surface area contributed by atoms with Crippen molar-refractivity contribution in [3.05, 3.63) is 77.1 Å². The summed E-state index contributed by atoms with van der Waals surface area (Å²) < 4.78 is 12.7. The number of para-hydroxylation sites is 1. The molecule has 0 atom stereocenters. The Kier molecular flexibility index (Phi) is 10.5. The van der Waals surface area contributed by atoms with Crippen molar-refractivity contribution in [2.45, 2.75) is 26.9 Å². The van der Waals surface area contributed by atoms with Gasteiger partial charge in [0.2, 0.25) is 0 Å². The smallest absolute Gasteiger partial charge is 0.191 e. The summed E-state index contributed by atoms with van der Waals surface area (Å²) in [5.41, 5.74) is 5.44. The number of nitrogens with zero attached hydrogens (tertiary/aromatic N) is 3. The number of hydrogen-bond acceptors (Lipinski definition) is 4. The second kappa shape index (κ2) is 13.1. The monoisotopic (exact) mass is 549 g/mol. The predicted molar refractivity (Wildman–Crippen MR) is 139 cm³/mol. The Hall–Kier alpha value is -2.59. The molecule has 0 amide bonds. The molecule has 7 nitrogen and oxygen atoms in total. The fourth-order valence-electron chi connectivity index (χ4n) is 3.31. The predicted octanol–water partition coefficient (Wildman–Crippen LogP) is 4.00. The lowest BCUT2D eigenvalue weighted by Crippen LogP contribution is -2.36. The number of rotatable bonds is 9. The standard InChI is InChI=1S/C24H31N5O2.HI/c1-18-14-19(2)29(28-18)23-11-6-5-9-21(23)17-27-24(25-3)26-16-20-8-7-10-22(15-20)31-13-12-30-4;/h5-11,14-15H,12-13,16-17H2,1-4H3,(H2,25,26,27);1H. The first kappa shape index (κ1) is 25.7. The largest absolute Gasteiger partial charge is 0.491 e. The van der Waals surface area contributed by atoms with E-state index >= 15 is 0 Å². The number of guanidine groups is 1. The van der Waals surface area contributed by atoms with E-state index in [-0.39, 0.29) is 24.0 Å². The van der Waals surface area contributed by atoms with Crippen LogP contribution >= 0.6 is 24.0 Å². The molecule has 1 aromatic heterocycles. The Morgan fingerprint density at radius 1 is 1.00 bits per heavy atom. The maximum absolute atomic E-state index is 5.69. The van der Waals surface area contributed by atoms with Gasteiger partial charge in [0.1, 0.15) is 12.4 Å². The number of aliphatic imine (C=N–C) groups is 1. The molecule has 0 aliphatic rings. The Balaban J connectivity index is 0.00000363. The molecule has 0 fully saturated rings. The number of nitrogens with one attached hydrogen (secondary N) is 2. The van der Waals surface area contributed by atoms with E-state index in [4.69, 9.17) is 9.47 Å². The van der Waals surface area contributed by atoms with E-state index in [2.05, 4.69) is 51.9 Å². The van der Waals surface area contributed by atoms with Crippen molar-refractivity contribution < 1.29 is 9.47 Å². The van der Waals surface area contributed by atoms with E-state index in [1.54, 1.807) is 14.2 Å². The fraction of sp³-hybridized carbons (Fsp3) is 0.333. The van der Waals surface area contributed by atoms with Gasteiger partial charge in [0.15, 0.2) is 5.96 Å². The van der Waals surface area contributed by atoms with Gasteiger partial charge in [0, 0.05) is 32.9 Å². The first-order valence-corrected chi connectivity index (χ1v) is 10.4. The molecule has 0 saturated heterocycles. The van der Waals surface area contributed by atoms with E-state index < -0.39 is 0 Å². The highest BCUT2D eigenvalue weighted by molar-refractivity contribution is 14.0. The maximum atomic E-state index is 5.69. The number of aryl methyl sites for hydroxylation is 2. The van der Waals surface area contributed by atoms with Crippen molar-refractivity contribution >= 4 is 29.9 Å². The molecule has 8 heteroatoms. The van der Waals surface area contributed by atoms with Crippen LogP contribution in [0.2, 0.25) is 0 Å². The highest BCUT2D eigenvalue weighted by Gasteiger charge is 2.09. The quantitative estimate of drug-likeness (QED) is 0.183. The van der Waals surface area contributed by atoms with Crippen LogP contribution in [0.3, 0.4) is 0 Å². The van der Waals surface area contributed by atoms with E-state index in [9.17, 15) is 0 Å². The van der Waals surface area contributed by atoms with Crippen LogP contribution < -0.4 is 15.4 Å².